The van der Waals surface area contributed by atoms with Crippen molar-refractivity contribution >= 4 is 34.0 Å². The van der Waals surface area contributed by atoms with Crippen molar-refractivity contribution in [3.05, 3.63) is 53.1 Å². The quantitative estimate of drug-likeness (QED) is 0.449. The minimum atomic E-state index is -4.08. The summed E-state index contributed by atoms with van der Waals surface area (Å²) in [5.41, 5.74) is 7.34. The van der Waals surface area contributed by atoms with E-state index in [-0.39, 0.29) is 21.4 Å². The van der Waals surface area contributed by atoms with Gasteiger partial charge >= 0.3 is 16.1 Å². The summed E-state index contributed by atoms with van der Waals surface area (Å²) in [4.78, 5) is 10.6. The SMILES string of the molecule is COc1cc(/C=N\NC(N)=O)cc(Cl)c1OS(=O)(=O)c1ccccc1. The van der Waals surface area contributed by atoms with Crippen LogP contribution in [0.25, 0.3) is 0 Å². The third-order valence-corrected chi connectivity index (χ3v) is 4.38. The highest BCUT2D eigenvalue weighted by molar-refractivity contribution is 7.87. The minimum Gasteiger partial charge on any atom is -0.493 e. The lowest BCUT2D eigenvalue weighted by Crippen LogP contribution is -2.24. The van der Waals surface area contributed by atoms with Crippen LogP contribution in [0.1, 0.15) is 5.56 Å². The number of urea groups is 1. The zero-order chi connectivity index (χ0) is 18.4. The number of nitrogens with one attached hydrogen (secondary N) is 1. The molecule has 0 aromatic heterocycles. The largest absolute Gasteiger partial charge is 0.493 e. The number of methoxy groups -OCH3 is 1. The van der Waals surface area contributed by atoms with E-state index in [0.717, 1.165) is 0 Å². The fraction of sp³-hybridized carbons (Fsp3) is 0.0667. The molecule has 0 aliphatic heterocycles. The van der Waals surface area contributed by atoms with Gasteiger partial charge in [-0.25, -0.2) is 10.2 Å². The molecule has 0 fully saturated rings. The van der Waals surface area contributed by atoms with Gasteiger partial charge in [0.25, 0.3) is 0 Å². The van der Waals surface area contributed by atoms with Crippen LogP contribution in [0.2, 0.25) is 5.02 Å². The Labute approximate surface area is 149 Å². The average Bonchev–Trinajstić information content (AvgIpc) is 2.57. The Kier molecular flexibility index (Phi) is 5.84. The van der Waals surface area contributed by atoms with Gasteiger partial charge in [0.15, 0.2) is 5.75 Å². The van der Waals surface area contributed by atoms with Crippen molar-refractivity contribution in [2.45, 2.75) is 4.90 Å². The molecule has 0 atom stereocenters. The summed E-state index contributed by atoms with van der Waals surface area (Å²) in [6.07, 6.45) is 1.26. The van der Waals surface area contributed by atoms with Gasteiger partial charge in [0.05, 0.1) is 18.3 Å². The van der Waals surface area contributed by atoms with Gasteiger partial charge < -0.3 is 14.7 Å². The van der Waals surface area contributed by atoms with Gasteiger partial charge in [-0.05, 0) is 29.8 Å². The lowest BCUT2D eigenvalue weighted by atomic mass is 10.2. The van der Waals surface area contributed by atoms with Crippen LogP contribution in [0.4, 0.5) is 4.79 Å². The molecule has 0 aliphatic rings. The summed E-state index contributed by atoms with van der Waals surface area (Å²) >= 11 is 6.11. The van der Waals surface area contributed by atoms with E-state index >= 15 is 0 Å². The van der Waals surface area contributed by atoms with Crippen molar-refractivity contribution in [3.63, 3.8) is 0 Å². The van der Waals surface area contributed by atoms with Crippen LogP contribution in [0.5, 0.6) is 11.5 Å². The third kappa shape index (κ3) is 4.85. The summed E-state index contributed by atoms with van der Waals surface area (Å²) in [5, 5.41) is 3.57. The van der Waals surface area contributed by atoms with E-state index in [1.165, 1.54) is 37.6 Å². The van der Waals surface area contributed by atoms with Gasteiger partial charge in [0.2, 0.25) is 5.75 Å². The van der Waals surface area contributed by atoms with E-state index in [9.17, 15) is 13.2 Å². The van der Waals surface area contributed by atoms with Crippen LogP contribution in [0.3, 0.4) is 0 Å². The average molecular weight is 384 g/mol. The zero-order valence-electron chi connectivity index (χ0n) is 13.0. The summed E-state index contributed by atoms with van der Waals surface area (Å²) in [7, 11) is -2.75. The lowest BCUT2D eigenvalue weighted by molar-refractivity contribution is 0.249. The van der Waals surface area contributed by atoms with Crippen LogP contribution in [0.15, 0.2) is 52.5 Å². The highest BCUT2D eigenvalue weighted by Gasteiger charge is 2.21. The monoisotopic (exact) mass is 383 g/mol. The first-order chi connectivity index (χ1) is 11.8. The van der Waals surface area contributed by atoms with Crippen LogP contribution >= 0.6 is 11.6 Å². The van der Waals surface area contributed by atoms with Gasteiger partial charge in [-0.1, -0.05) is 29.8 Å². The molecule has 0 saturated heterocycles. The Hall–Kier alpha value is -2.78. The number of hydrogen-bond acceptors (Lipinski definition) is 6. The number of primary amides is 1. The molecular formula is C15H14ClN3O5S. The molecule has 0 radical (unpaired) electrons. The van der Waals surface area contributed by atoms with Gasteiger partial charge in [0, 0.05) is 0 Å². The first-order valence-corrected chi connectivity index (χ1v) is 8.57. The number of ether oxygens (including phenoxy) is 1. The molecule has 10 heteroatoms. The fourth-order valence-corrected chi connectivity index (χ4v) is 3.09. The van der Waals surface area contributed by atoms with Crippen molar-refractivity contribution in [3.8, 4) is 11.5 Å². The Bertz CT molecular complexity index is 901. The topological polar surface area (TPSA) is 120 Å². The first kappa shape index (κ1) is 18.6. The van der Waals surface area contributed by atoms with Crippen molar-refractivity contribution in [1.29, 1.82) is 0 Å². The second-order valence-corrected chi connectivity index (χ2v) is 6.57. The molecule has 8 nitrogen and oxygen atoms in total. The molecular weight excluding hydrogens is 370 g/mol. The normalized spacial score (nSPS) is 11.3. The molecule has 0 bridgehead atoms. The molecule has 2 aromatic rings. The number of rotatable bonds is 6. The van der Waals surface area contributed by atoms with Gasteiger partial charge in [-0.2, -0.15) is 13.5 Å². The van der Waals surface area contributed by atoms with Crippen LogP contribution in [-0.4, -0.2) is 27.8 Å². The number of carbonyl (C=O) groups is 1. The molecule has 3 N–H and O–H groups in total. The van der Waals surface area contributed by atoms with E-state index in [4.69, 9.17) is 26.3 Å². The zero-order valence-corrected chi connectivity index (χ0v) is 14.5. The number of amides is 2. The van der Waals surface area contributed by atoms with Gasteiger partial charge in [0.1, 0.15) is 4.90 Å². The highest BCUT2D eigenvalue weighted by atomic mass is 35.5. The molecule has 25 heavy (non-hydrogen) atoms. The highest BCUT2D eigenvalue weighted by Crippen LogP contribution is 2.37. The molecule has 0 unspecified atom stereocenters. The second-order valence-electron chi connectivity index (χ2n) is 4.62. The maximum atomic E-state index is 12.3. The summed E-state index contributed by atoms with van der Waals surface area (Å²) in [6.45, 7) is 0. The predicted molar refractivity (Wildman–Crippen MR) is 92.6 cm³/mol. The fourth-order valence-electron chi connectivity index (χ4n) is 1.81. The molecule has 2 amide bonds. The smallest absolute Gasteiger partial charge is 0.339 e. The second kappa shape index (κ2) is 7.86. The maximum Gasteiger partial charge on any atom is 0.339 e. The van der Waals surface area contributed by atoms with Gasteiger partial charge in [-0.3, -0.25) is 0 Å². The summed E-state index contributed by atoms with van der Waals surface area (Å²) in [6, 6.07) is 9.61. The number of benzene rings is 2. The molecule has 2 aromatic carbocycles. The number of halogens is 1. The summed E-state index contributed by atoms with van der Waals surface area (Å²) in [5.74, 6) is -0.0828. The van der Waals surface area contributed by atoms with Crippen LogP contribution in [0, 0.1) is 0 Å². The van der Waals surface area contributed by atoms with Gasteiger partial charge in [-0.15, -0.1) is 0 Å². The van der Waals surface area contributed by atoms with Crippen molar-refractivity contribution in [2.75, 3.05) is 7.11 Å². The van der Waals surface area contributed by atoms with Crippen molar-refractivity contribution in [1.82, 2.24) is 5.43 Å². The molecule has 0 saturated carbocycles. The van der Waals surface area contributed by atoms with E-state index < -0.39 is 16.1 Å². The Morgan fingerprint density at radius 1 is 1.28 bits per heavy atom. The number of nitrogens with zero attached hydrogens (tertiary/aromatic N) is 1. The van der Waals surface area contributed by atoms with E-state index in [1.807, 2.05) is 5.43 Å². The van der Waals surface area contributed by atoms with Crippen LogP contribution < -0.4 is 20.1 Å². The number of hydrogen-bond donors (Lipinski definition) is 2. The molecule has 132 valence electrons. The molecule has 0 spiro atoms. The predicted octanol–water partition coefficient (Wildman–Crippen LogP) is 2.12. The van der Waals surface area contributed by atoms with Crippen molar-refractivity contribution in [2.24, 2.45) is 10.8 Å². The molecule has 0 aliphatic carbocycles. The number of nitrogens with two attached hydrogens (primary N) is 1. The molecule has 0 heterocycles. The standard InChI is InChI=1S/C15H14ClN3O5S/c1-23-13-8-10(9-18-19-15(17)20)7-12(16)14(13)24-25(21,22)11-5-3-2-4-6-11/h2-9H,1H3,(H3,17,19,20)/b18-9-. The minimum absolute atomic E-state index is 0.0145. The summed E-state index contributed by atoms with van der Waals surface area (Å²) < 4.78 is 34.9. The third-order valence-electron chi connectivity index (χ3n) is 2.87. The Morgan fingerprint density at radius 2 is 1.96 bits per heavy atom. The number of carbonyl (C=O) groups excluding carboxylic acids is 1. The molecule has 2 rings (SSSR count). The Morgan fingerprint density at radius 3 is 2.56 bits per heavy atom. The first-order valence-electron chi connectivity index (χ1n) is 6.79. The van der Waals surface area contributed by atoms with E-state index in [0.29, 0.717) is 5.56 Å². The van der Waals surface area contributed by atoms with E-state index in [1.54, 1.807) is 18.2 Å². The maximum absolute atomic E-state index is 12.3. The van der Waals surface area contributed by atoms with E-state index in [2.05, 4.69) is 5.10 Å². The Balaban J connectivity index is 2.35. The van der Waals surface area contributed by atoms with Crippen LogP contribution in [-0.2, 0) is 10.1 Å². The number of hydrazone groups is 1. The lowest BCUT2D eigenvalue weighted by Gasteiger charge is -2.13. The van der Waals surface area contributed by atoms with Crippen molar-refractivity contribution < 1.29 is 22.1 Å².